The summed E-state index contributed by atoms with van der Waals surface area (Å²) < 4.78 is 25.4. The maximum atomic E-state index is 13.9. The van der Waals surface area contributed by atoms with Gasteiger partial charge in [0, 0.05) is 56.4 Å². The SMILES string of the molecule is Cn1cnc(-c2ccc(C3=CCN(C(=O)CN4CC[C@]5(CCN(c6ccc(N)c(C(=[N-])c7ccc(S(C)(=O)=O)cc7)c6)C5=O)C4)CC3)cc2)n1. The van der Waals surface area contributed by atoms with Gasteiger partial charge in [-0.3, -0.25) is 19.2 Å². The number of carbonyl (C=O) groups is 2. The standard InChI is InChI=1S/C37H39N8O4S/c1-42-24-40-35(41-42)28-5-3-25(4-6-28)26-13-17-44(18-14-26)33(46)22-43-19-15-37(23-43)16-20-45(36(37)47)29-9-12-32(38)31(21-29)34(39)27-7-10-30(11-8-27)50(2,48)49/h3-13,21,24H,14-20,22-23,38H2,1-2H3/q-1/t37-/m0/s1. The Kier molecular flexibility index (Phi) is 8.64. The fourth-order valence-electron chi connectivity index (χ4n) is 7.23. The fourth-order valence-corrected chi connectivity index (χ4v) is 7.86. The summed E-state index contributed by atoms with van der Waals surface area (Å²) >= 11 is 0. The van der Waals surface area contributed by atoms with Gasteiger partial charge in [0.05, 0.1) is 16.9 Å². The Hall–Kier alpha value is -5.14. The number of benzene rings is 3. The molecule has 1 aromatic heterocycles. The highest BCUT2D eigenvalue weighted by Crippen LogP contribution is 2.43. The molecule has 12 nitrogen and oxygen atoms in total. The smallest absolute Gasteiger partial charge is 0.237 e. The molecule has 0 aliphatic carbocycles. The van der Waals surface area contributed by atoms with Crippen LogP contribution < -0.4 is 10.6 Å². The molecule has 0 bridgehead atoms. The molecule has 13 heteroatoms. The van der Waals surface area contributed by atoms with Crippen molar-refractivity contribution in [1.82, 2.24) is 24.6 Å². The van der Waals surface area contributed by atoms with Crippen LogP contribution in [-0.4, -0.2) is 96.0 Å². The number of rotatable bonds is 8. The van der Waals surface area contributed by atoms with Crippen molar-refractivity contribution < 1.29 is 18.0 Å². The van der Waals surface area contributed by atoms with E-state index in [1.807, 2.05) is 24.1 Å². The van der Waals surface area contributed by atoms with Gasteiger partial charge >= 0.3 is 0 Å². The Balaban J connectivity index is 0.961. The summed E-state index contributed by atoms with van der Waals surface area (Å²) in [5.74, 6) is 0.765. The number of anilines is 2. The lowest BCUT2D eigenvalue weighted by Gasteiger charge is -2.29. The zero-order valence-electron chi connectivity index (χ0n) is 28.1. The number of carbonyl (C=O) groups excluding carboxylic acids is 2. The van der Waals surface area contributed by atoms with Gasteiger partial charge in [0.25, 0.3) is 0 Å². The molecule has 2 N–H and O–H groups in total. The van der Waals surface area contributed by atoms with Crippen LogP contribution in [0.15, 0.2) is 84.0 Å². The fraction of sp³-hybridized carbons (Fsp3) is 0.324. The van der Waals surface area contributed by atoms with E-state index in [0.29, 0.717) is 73.9 Å². The van der Waals surface area contributed by atoms with E-state index in [4.69, 9.17) is 5.73 Å². The third-order valence-electron chi connectivity index (χ3n) is 10.1. The summed E-state index contributed by atoms with van der Waals surface area (Å²) in [5.41, 5.74) is 10.6. The molecule has 1 spiro atoms. The number of aryl methyl sites for hydroxylation is 1. The van der Waals surface area contributed by atoms with Crippen molar-refractivity contribution in [3.8, 4) is 11.4 Å². The molecule has 0 radical (unpaired) electrons. The normalized spacial score (nSPS) is 19.7. The number of sulfone groups is 1. The Bertz CT molecular complexity index is 2120. The lowest BCUT2D eigenvalue weighted by molar-refractivity contribution is -0.132. The van der Waals surface area contributed by atoms with E-state index in [-0.39, 0.29) is 29.0 Å². The summed E-state index contributed by atoms with van der Waals surface area (Å²) in [5, 5.41) is 15.4. The lowest BCUT2D eigenvalue weighted by Crippen LogP contribution is -2.43. The molecule has 2 saturated heterocycles. The van der Waals surface area contributed by atoms with E-state index in [1.165, 1.54) is 29.8 Å². The third-order valence-corrected chi connectivity index (χ3v) is 11.3. The average molecular weight is 692 g/mol. The zero-order valence-corrected chi connectivity index (χ0v) is 28.9. The second-order valence-electron chi connectivity index (χ2n) is 13.5. The molecule has 4 aromatic rings. The number of hydrogen-bond donors (Lipinski definition) is 1. The topological polar surface area (TPSA) is 157 Å². The maximum absolute atomic E-state index is 13.9. The number of likely N-dealkylation sites (tertiary alicyclic amines) is 1. The Morgan fingerprint density at radius 1 is 0.980 bits per heavy atom. The number of nitrogens with two attached hydrogens (primary N) is 1. The molecule has 7 rings (SSSR count). The molecular formula is C37H39N8O4S-. The maximum Gasteiger partial charge on any atom is 0.237 e. The van der Waals surface area contributed by atoms with Gasteiger partial charge < -0.3 is 20.9 Å². The van der Waals surface area contributed by atoms with Crippen molar-refractivity contribution in [3.63, 3.8) is 0 Å². The molecule has 3 aliphatic rings. The molecule has 0 unspecified atom stereocenters. The molecule has 3 aliphatic heterocycles. The van der Waals surface area contributed by atoms with Crippen LogP contribution in [0.1, 0.15) is 36.0 Å². The summed E-state index contributed by atoms with van der Waals surface area (Å²) in [4.78, 5) is 37.5. The van der Waals surface area contributed by atoms with Crippen molar-refractivity contribution in [2.45, 2.75) is 24.2 Å². The average Bonchev–Trinajstić information content (AvgIpc) is 3.83. The number of aromatic nitrogens is 3. The van der Waals surface area contributed by atoms with Crippen LogP contribution in [-0.2, 0) is 26.5 Å². The molecule has 258 valence electrons. The van der Waals surface area contributed by atoms with Crippen LogP contribution in [0.25, 0.3) is 22.4 Å². The number of nitrogen functional groups attached to an aromatic ring is 1. The van der Waals surface area contributed by atoms with Crippen molar-refractivity contribution in [1.29, 1.82) is 0 Å². The van der Waals surface area contributed by atoms with Gasteiger partial charge in [-0.05, 0) is 78.4 Å². The van der Waals surface area contributed by atoms with E-state index in [1.54, 1.807) is 34.1 Å². The quantitative estimate of drug-likeness (QED) is 0.217. The van der Waals surface area contributed by atoms with E-state index >= 15 is 0 Å². The van der Waals surface area contributed by atoms with Crippen molar-refractivity contribution in [2.75, 3.05) is 56.2 Å². The highest BCUT2D eigenvalue weighted by atomic mass is 32.2. The second-order valence-corrected chi connectivity index (χ2v) is 15.5. The Labute approximate surface area is 291 Å². The first-order valence-corrected chi connectivity index (χ1v) is 18.5. The highest BCUT2D eigenvalue weighted by molar-refractivity contribution is 7.90. The van der Waals surface area contributed by atoms with Gasteiger partial charge in [-0.1, -0.05) is 42.5 Å². The van der Waals surface area contributed by atoms with Gasteiger partial charge in [0.2, 0.25) is 11.8 Å². The van der Waals surface area contributed by atoms with Gasteiger partial charge in [-0.25, -0.2) is 13.4 Å². The Morgan fingerprint density at radius 3 is 2.36 bits per heavy atom. The first-order valence-electron chi connectivity index (χ1n) is 16.6. The van der Waals surface area contributed by atoms with Crippen LogP contribution in [0.5, 0.6) is 0 Å². The first kappa shape index (κ1) is 33.4. The van der Waals surface area contributed by atoms with Crippen LogP contribution >= 0.6 is 0 Å². The highest BCUT2D eigenvalue weighted by Gasteiger charge is 2.51. The lowest BCUT2D eigenvalue weighted by atomic mass is 9.85. The Morgan fingerprint density at radius 2 is 1.70 bits per heavy atom. The van der Waals surface area contributed by atoms with Crippen molar-refractivity contribution in [2.24, 2.45) is 12.5 Å². The first-order chi connectivity index (χ1) is 23.9. The number of hydrogen-bond acceptors (Lipinski definition) is 8. The second kappa shape index (κ2) is 13.0. The van der Waals surface area contributed by atoms with Gasteiger partial charge in [-0.2, -0.15) is 5.10 Å². The van der Waals surface area contributed by atoms with Crippen molar-refractivity contribution >= 4 is 44.3 Å². The van der Waals surface area contributed by atoms with Crippen LogP contribution in [0.3, 0.4) is 0 Å². The third kappa shape index (κ3) is 6.46. The molecule has 50 heavy (non-hydrogen) atoms. The predicted octanol–water partition coefficient (Wildman–Crippen LogP) is 3.62. The van der Waals surface area contributed by atoms with E-state index in [2.05, 4.69) is 33.2 Å². The van der Waals surface area contributed by atoms with Crippen molar-refractivity contribution in [3.05, 3.63) is 101 Å². The minimum atomic E-state index is -3.38. The summed E-state index contributed by atoms with van der Waals surface area (Å²) in [7, 11) is -1.54. The molecule has 4 heterocycles. The molecule has 2 fully saturated rings. The van der Waals surface area contributed by atoms with Gasteiger partial charge in [0.15, 0.2) is 15.7 Å². The molecule has 3 aromatic carbocycles. The minimum Gasteiger partial charge on any atom is -0.803 e. The molecular weight excluding hydrogens is 653 g/mol. The molecule has 0 saturated carbocycles. The zero-order chi connectivity index (χ0) is 35.2. The van der Waals surface area contributed by atoms with Crippen LogP contribution in [0.2, 0.25) is 0 Å². The predicted molar refractivity (Wildman–Crippen MR) is 193 cm³/mol. The summed E-state index contributed by atoms with van der Waals surface area (Å²) in [6.07, 6.45) is 7.05. The monoisotopic (exact) mass is 691 g/mol. The van der Waals surface area contributed by atoms with Crippen LogP contribution in [0, 0.1) is 5.41 Å². The number of nitrogens with zero attached hydrogens (tertiary/aromatic N) is 7. The number of amides is 2. The minimum absolute atomic E-state index is 0.00978. The van der Waals surface area contributed by atoms with Gasteiger partial charge in [-0.15, -0.1) is 5.71 Å². The summed E-state index contributed by atoms with van der Waals surface area (Å²) in [6.45, 7) is 3.18. The van der Waals surface area contributed by atoms with E-state index in [0.717, 1.165) is 23.8 Å². The van der Waals surface area contributed by atoms with E-state index in [9.17, 15) is 23.4 Å². The van der Waals surface area contributed by atoms with E-state index < -0.39 is 15.3 Å². The molecule has 1 atom stereocenters. The molecule has 2 amide bonds. The summed E-state index contributed by atoms with van der Waals surface area (Å²) in [6, 6.07) is 19.3. The van der Waals surface area contributed by atoms with Crippen LogP contribution in [0.4, 0.5) is 11.4 Å². The van der Waals surface area contributed by atoms with Gasteiger partial charge in [0.1, 0.15) is 6.33 Å². The largest absolute Gasteiger partial charge is 0.803 e.